The topological polar surface area (TPSA) is 120 Å². The molecule has 1 rings (SSSR count). The zero-order valence-electron chi connectivity index (χ0n) is 23.4. The van der Waals surface area contributed by atoms with Crippen LogP contribution in [0.25, 0.3) is 0 Å². The molecular weight excluding hydrogens is 480 g/mol. The van der Waals surface area contributed by atoms with Crippen molar-refractivity contribution in [2.75, 3.05) is 13.1 Å². The molecular formula is C30H48N4O4. The molecule has 0 aliphatic rings. The normalized spacial score (nSPS) is 11.6. The van der Waals surface area contributed by atoms with Gasteiger partial charge in [-0.05, 0) is 62.8 Å². The summed E-state index contributed by atoms with van der Waals surface area (Å²) >= 11 is 0. The van der Waals surface area contributed by atoms with Crippen molar-refractivity contribution in [2.24, 2.45) is 0 Å². The Balaban J connectivity index is 0.00000667. The van der Waals surface area contributed by atoms with Crippen LogP contribution in [-0.4, -0.2) is 42.1 Å². The first-order valence-corrected chi connectivity index (χ1v) is 13.7. The van der Waals surface area contributed by atoms with Crippen molar-refractivity contribution in [3.05, 3.63) is 72.5 Å². The second-order valence-electron chi connectivity index (χ2n) is 8.57. The number of carbonyl (C=O) groups excluding carboxylic acids is 3. The summed E-state index contributed by atoms with van der Waals surface area (Å²) in [5, 5.41) is 17.6. The largest absolute Gasteiger partial charge is 0.387 e. The van der Waals surface area contributed by atoms with Crippen LogP contribution in [-0.2, 0) is 20.8 Å². The van der Waals surface area contributed by atoms with Gasteiger partial charge in [0.25, 0.3) is 0 Å². The summed E-state index contributed by atoms with van der Waals surface area (Å²) in [7, 11) is 0. The SMILES string of the molecule is C=CCN/C=C(\C/C=C\C)CC(NC(=O)CCCc1ccccc1)C(=O)NCCCCCC(=O)NO.CC. The van der Waals surface area contributed by atoms with Gasteiger partial charge in [0.2, 0.25) is 17.7 Å². The number of hydroxylamine groups is 1. The van der Waals surface area contributed by atoms with Crippen molar-refractivity contribution >= 4 is 17.7 Å². The number of hydrogen-bond donors (Lipinski definition) is 5. The number of aryl methyl sites for hydroxylation is 1. The van der Waals surface area contributed by atoms with E-state index in [0.717, 1.165) is 18.4 Å². The lowest BCUT2D eigenvalue weighted by atomic mass is 10.0. The Morgan fingerprint density at radius 2 is 1.71 bits per heavy atom. The molecule has 0 spiro atoms. The van der Waals surface area contributed by atoms with Crippen LogP contribution in [0.3, 0.4) is 0 Å². The third-order valence-corrected chi connectivity index (χ3v) is 5.52. The fourth-order valence-corrected chi connectivity index (χ4v) is 3.57. The van der Waals surface area contributed by atoms with Crippen molar-refractivity contribution in [1.82, 2.24) is 21.4 Å². The Morgan fingerprint density at radius 3 is 2.37 bits per heavy atom. The van der Waals surface area contributed by atoms with Crippen LogP contribution in [0.15, 0.2) is 66.9 Å². The molecule has 38 heavy (non-hydrogen) atoms. The average molecular weight is 529 g/mol. The van der Waals surface area contributed by atoms with Crippen molar-refractivity contribution in [2.45, 2.75) is 84.6 Å². The summed E-state index contributed by atoms with van der Waals surface area (Å²) in [6.45, 7) is 10.7. The van der Waals surface area contributed by atoms with Gasteiger partial charge < -0.3 is 16.0 Å². The number of unbranched alkanes of at least 4 members (excludes halogenated alkanes) is 2. The molecule has 1 aromatic carbocycles. The third-order valence-electron chi connectivity index (χ3n) is 5.52. The quantitative estimate of drug-likeness (QED) is 0.0770. The minimum Gasteiger partial charge on any atom is -0.387 e. The summed E-state index contributed by atoms with van der Waals surface area (Å²) < 4.78 is 0. The van der Waals surface area contributed by atoms with Gasteiger partial charge in [0.05, 0.1) is 0 Å². The van der Waals surface area contributed by atoms with E-state index in [1.807, 2.05) is 69.5 Å². The summed E-state index contributed by atoms with van der Waals surface area (Å²) in [6, 6.07) is 9.33. The van der Waals surface area contributed by atoms with Crippen molar-refractivity contribution in [3.63, 3.8) is 0 Å². The molecule has 0 radical (unpaired) electrons. The maximum atomic E-state index is 13.0. The molecule has 0 saturated carbocycles. The number of allylic oxidation sites excluding steroid dienone is 2. The predicted molar refractivity (Wildman–Crippen MR) is 154 cm³/mol. The zero-order chi connectivity index (χ0) is 28.4. The number of carbonyl (C=O) groups is 3. The second-order valence-corrected chi connectivity index (χ2v) is 8.57. The Hall–Kier alpha value is -3.39. The zero-order valence-corrected chi connectivity index (χ0v) is 23.4. The summed E-state index contributed by atoms with van der Waals surface area (Å²) in [5.41, 5.74) is 3.79. The Labute approximate surface area is 229 Å². The summed E-state index contributed by atoms with van der Waals surface area (Å²) in [5.74, 6) is -0.792. The van der Waals surface area contributed by atoms with Crippen LogP contribution in [0.5, 0.6) is 0 Å². The fraction of sp³-hybridized carbons (Fsp3) is 0.500. The number of nitrogens with one attached hydrogen (secondary N) is 4. The van der Waals surface area contributed by atoms with Gasteiger partial charge in [-0.25, -0.2) is 5.48 Å². The van der Waals surface area contributed by atoms with Crippen molar-refractivity contribution < 1.29 is 19.6 Å². The van der Waals surface area contributed by atoms with Gasteiger partial charge in [0, 0.05) is 25.9 Å². The molecule has 5 N–H and O–H groups in total. The van der Waals surface area contributed by atoms with E-state index in [4.69, 9.17) is 5.21 Å². The first-order valence-electron chi connectivity index (χ1n) is 13.7. The van der Waals surface area contributed by atoms with E-state index in [0.29, 0.717) is 51.6 Å². The number of rotatable bonds is 19. The van der Waals surface area contributed by atoms with E-state index < -0.39 is 11.9 Å². The average Bonchev–Trinajstić information content (AvgIpc) is 2.94. The molecule has 0 aromatic heterocycles. The molecule has 3 amide bonds. The highest BCUT2D eigenvalue weighted by Crippen LogP contribution is 2.12. The lowest BCUT2D eigenvalue weighted by molar-refractivity contribution is -0.129. The molecule has 0 heterocycles. The van der Waals surface area contributed by atoms with Crippen LogP contribution in [0, 0.1) is 0 Å². The Kier molecular flexibility index (Phi) is 21.8. The maximum Gasteiger partial charge on any atom is 0.243 e. The van der Waals surface area contributed by atoms with Crippen LogP contribution in [0.2, 0.25) is 0 Å². The van der Waals surface area contributed by atoms with E-state index in [1.54, 1.807) is 11.6 Å². The lowest BCUT2D eigenvalue weighted by Gasteiger charge is -2.20. The van der Waals surface area contributed by atoms with Crippen LogP contribution >= 0.6 is 0 Å². The van der Waals surface area contributed by atoms with Gasteiger partial charge in [0.1, 0.15) is 6.04 Å². The van der Waals surface area contributed by atoms with E-state index in [9.17, 15) is 14.4 Å². The smallest absolute Gasteiger partial charge is 0.243 e. The van der Waals surface area contributed by atoms with E-state index in [-0.39, 0.29) is 18.2 Å². The molecule has 8 heteroatoms. The molecule has 0 aliphatic carbocycles. The number of hydrogen-bond acceptors (Lipinski definition) is 5. The molecule has 212 valence electrons. The van der Waals surface area contributed by atoms with E-state index in [1.165, 1.54) is 5.56 Å². The molecule has 0 bridgehead atoms. The maximum absolute atomic E-state index is 13.0. The summed E-state index contributed by atoms with van der Waals surface area (Å²) in [4.78, 5) is 36.8. The summed E-state index contributed by atoms with van der Waals surface area (Å²) in [6.07, 6.45) is 12.8. The number of amides is 3. The van der Waals surface area contributed by atoms with Gasteiger partial charge in [-0.15, -0.1) is 6.58 Å². The van der Waals surface area contributed by atoms with Crippen LogP contribution in [0.1, 0.15) is 77.7 Å². The molecule has 0 aliphatic heterocycles. The highest BCUT2D eigenvalue weighted by atomic mass is 16.5. The fourth-order valence-electron chi connectivity index (χ4n) is 3.57. The van der Waals surface area contributed by atoms with Gasteiger partial charge in [0.15, 0.2) is 0 Å². The van der Waals surface area contributed by atoms with E-state index >= 15 is 0 Å². The number of benzene rings is 1. The lowest BCUT2D eigenvalue weighted by Crippen LogP contribution is -2.47. The van der Waals surface area contributed by atoms with Crippen LogP contribution < -0.4 is 21.4 Å². The monoisotopic (exact) mass is 528 g/mol. The highest BCUT2D eigenvalue weighted by Gasteiger charge is 2.21. The van der Waals surface area contributed by atoms with Gasteiger partial charge in [-0.3, -0.25) is 19.6 Å². The van der Waals surface area contributed by atoms with Crippen molar-refractivity contribution in [1.29, 1.82) is 0 Å². The van der Waals surface area contributed by atoms with Crippen molar-refractivity contribution in [3.8, 4) is 0 Å². The first-order chi connectivity index (χ1) is 18.5. The molecule has 0 saturated heterocycles. The molecule has 8 nitrogen and oxygen atoms in total. The van der Waals surface area contributed by atoms with E-state index in [2.05, 4.69) is 22.5 Å². The third kappa shape index (κ3) is 17.9. The van der Waals surface area contributed by atoms with Gasteiger partial charge in [-0.1, -0.05) is 68.8 Å². The molecule has 1 unspecified atom stereocenters. The Morgan fingerprint density at radius 1 is 1.00 bits per heavy atom. The molecule has 1 aromatic rings. The predicted octanol–water partition coefficient (Wildman–Crippen LogP) is 4.72. The van der Waals surface area contributed by atoms with Gasteiger partial charge in [-0.2, -0.15) is 0 Å². The highest BCUT2D eigenvalue weighted by molar-refractivity contribution is 5.87. The minimum absolute atomic E-state index is 0.148. The molecule has 1 atom stereocenters. The standard InChI is InChI=1S/C28H42N4O4.C2H6/c1-3-5-13-24(22-29-19-4-2)21-25(28(35)30-20-11-7-10-17-27(34)32-36)31-26(33)18-12-16-23-14-8-6-9-15-23;1-2/h3-6,8-9,14-15,22,25,29,36H,2,7,10-13,16-21H2,1H3,(H,30,35)(H,31,33)(H,32,34);1-2H3/b5-3-,24-22+;. The first kappa shape index (κ1) is 34.6. The second kappa shape index (κ2) is 24.0. The Bertz CT molecular complexity index is 853. The van der Waals surface area contributed by atoms with Gasteiger partial charge >= 0.3 is 0 Å². The molecule has 0 fully saturated rings. The minimum atomic E-state index is -0.684. The van der Waals surface area contributed by atoms with Crippen LogP contribution in [0.4, 0.5) is 0 Å².